The van der Waals surface area contributed by atoms with Gasteiger partial charge >= 0.3 is 0 Å². The first-order valence-corrected chi connectivity index (χ1v) is 9.87. The molecule has 0 spiro atoms. The third kappa shape index (κ3) is 3.87. The smallest absolute Gasteiger partial charge is 0.258 e. The Kier molecular flexibility index (Phi) is 5.52. The van der Waals surface area contributed by atoms with E-state index in [-0.39, 0.29) is 16.8 Å². The lowest BCUT2D eigenvalue weighted by molar-refractivity contribution is 0.414. The highest BCUT2D eigenvalue weighted by atomic mass is 19.1. The molecule has 0 amide bonds. The van der Waals surface area contributed by atoms with Crippen molar-refractivity contribution in [2.75, 3.05) is 24.8 Å². The average molecular weight is 436 g/mol. The van der Waals surface area contributed by atoms with Gasteiger partial charge in [-0.2, -0.15) is 0 Å². The molecule has 0 saturated carbocycles. The molecule has 0 saturated heterocycles. The number of nitrogen functional groups attached to an aromatic ring is 1. The molecule has 32 heavy (non-hydrogen) atoms. The fraction of sp³-hybridized carbons (Fsp3) is 0.167. The largest absolute Gasteiger partial charge is 0.497 e. The molecule has 0 unspecified atom stereocenters. The second kappa shape index (κ2) is 8.30. The zero-order valence-electron chi connectivity index (χ0n) is 17.9. The first-order valence-electron chi connectivity index (χ1n) is 9.87. The number of rotatable bonds is 5. The van der Waals surface area contributed by atoms with Crippen LogP contribution in [-0.2, 0) is 13.6 Å². The summed E-state index contributed by atoms with van der Waals surface area (Å²) in [7, 11) is 5.13. The Morgan fingerprint density at radius 1 is 1.06 bits per heavy atom. The van der Waals surface area contributed by atoms with Gasteiger partial charge in [0.1, 0.15) is 23.2 Å². The highest BCUT2D eigenvalue weighted by molar-refractivity contribution is 5.85. The molecule has 164 valence electrons. The number of aromatic nitrogens is 2. The number of ether oxygens (including phenoxy) is 1. The van der Waals surface area contributed by atoms with Crippen LogP contribution in [0.15, 0.2) is 59.5 Å². The molecule has 8 heteroatoms. The van der Waals surface area contributed by atoms with E-state index in [0.717, 1.165) is 17.4 Å². The molecule has 2 N–H and O–H groups in total. The number of aryl methyl sites for hydroxylation is 1. The summed E-state index contributed by atoms with van der Waals surface area (Å²) in [6, 6.07) is 12.9. The van der Waals surface area contributed by atoms with Crippen LogP contribution in [0, 0.1) is 11.6 Å². The zero-order chi connectivity index (χ0) is 23.0. The van der Waals surface area contributed by atoms with E-state index < -0.39 is 17.2 Å². The molecule has 0 aliphatic rings. The summed E-state index contributed by atoms with van der Waals surface area (Å²) in [6.45, 7) is 0.606. The Morgan fingerprint density at radius 3 is 2.47 bits per heavy atom. The third-order valence-electron chi connectivity index (χ3n) is 5.44. The zero-order valence-corrected chi connectivity index (χ0v) is 17.9. The summed E-state index contributed by atoms with van der Waals surface area (Å²) in [5.41, 5.74) is 6.69. The van der Waals surface area contributed by atoms with Crippen LogP contribution in [0.1, 0.15) is 5.56 Å². The maximum absolute atomic E-state index is 14.4. The number of hydrogen-bond acceptors (Lipinski definition) is 5. The van der Waals surface area contributed by atoms with Crippen LogP contribution in [0.25, 0.3) is 22.0 Å². The van der Waals surface area contributed by atoms with Gasteiger partial charge in [-0.05, 0) is 29.8 Å². The quantitative estimate of drug-likeness (QED) is 0.477. The first kappa shape index (κ1) is 21.3. The van der Waals surface area contributed by atoms with Crippen LogP contribution in [0.3, 0.4) is 0 Å². The van der Waals surface area contributed by atoms with Crippen molar-refractivity contribution in [2.45, 2.75) is 6.54 Å². The van der Waals surface area contributed by atoms with Gasteiger partial charge in [0.05, 0.1) is 23.9 Å². The predicted octanol–water partition coefficient (Wildman–Crippen LogP) is 4.11. The second-order valence-electron chi connectivity index (χ2n) is 7.58. The van der Waals surface area contributed by atoms with Crippen LogP contribution in [0.4, 0.5) is 20.3 Å². The number of methoxy groups -OCH3 is 1. The maximum Gasteiger partial charge on any atom is 0.258 e. The summed E-state index contributed by atoms with van der Waals surface area (Å²) >= 11 is 0. The lowest BCUT2D eigenvalue weighted by Gasteiger charge is -2.19. The molecule has 0 radical (unpaired) electrons. The van der Waals surface area contributed by atoms with Crippen molar-refractivity contribution in [3.05, 3.63) is 82.3 Å². The van der Waals surface area contributed by atoms with Crippen molar-refractivity contribution in [3.8, 4) is 16.9 Å². The number of halogens is 2. The molecule has 2 heterocycles. The number of fused-ring (bicyclic) bond motifs is 1. The van der Waals surface area contributed by atoms with Gasteiger partial charge in [0.25, 0.3) is 5.56 Å². The molecule has 4 rings (SSSR count). The Morgan fingerprint density at radius 2 is 1.78 bits per heavy atom. The summed E-state index contributed by atoms with van der Waals surface area (Å²) in [4.78, 5) is 19.4. The predicted molar refractivity (Wildman–Crippen MR) is 122 cm³/mol. The summed E-state index contributed by atoms with van der Waals surface area (Å²) in [5, 5.41) is 0.644. The van der Waals surface area contributed by atoms with E-state index in [0.29, 0.717) is 29.3 Å². The van der Waals surface area contributed by atoms with Crippen molar-refractivity contribution >= 4 is 22.4 Å². The van der Waals surface area contributed by atoms with E-state index in [4.69, 9.17) is 10.5 Å². The molecule has 0 aliphatic carbocycles. The molecule has 0 bridgehead atoms. The molecule has 6 nitrogen and oxygen atoms in total. The van der Waals surface area contributed by atoms with Gasteiger partial charge < -0.3 is 19.9 Å². The standard InChI is InChI=1S/C24H22F2N4O2/c1-29(13-14-4-6-16(32-3)7-5-14)23-11-22-15(12-28-23)8-18(24(31)30(22)2)17-9-21(27)20(26)10-19(17)25/h4-12H,13,27H2,1-3H3. The minimum atomic E-state index is -0.866. The lowest BCUT2D eigenvalue weighted by Crippen LogP contribution is -2.21. The number of anilines is 2. The molecule has 0 aliphatic heterocycles. The van der Waals surface area contributed by atoms with E-state index in [1.54, 1.807) is 32.5 Å². The number of nitrogens with zero attached hydrogens (tertiary/aromatic N) is 3. The van der Waals surface area contributed by atoms with Crippen molar-refractivity contribution in [1.82, 2.24) is 9.55 Å². The van der Waals surface area contributed by atoms with Crippen molar-refractivity contribution in [3.63, 3.8) is 0 Å². The van der Waals surface area contributed by atoms with E-state index in [9.17, 15) is 13.6 Å². The molecule has 0 fully saturated rings. The summed E-state index contributed by atoms with van der Waals surface area (Å²) < 4.78 is 34.5. The van der Waals surface area contributed by atoms with E-state index >= 15 is 0 Å². The van der Waals surface area contributed by atoms with E-state index in [1.165, 1.54) is 4.57 Å². The molecule has 0 atom stereocenters. The van der Waals surface area contributed by atoms with Crippen LogP contribution < -0.4 is 20.9 Å². The number of pyridine rings is 2. The Hall–Kier alpha value is -3.94. The molecule has 2 aromatic heterocycles. The Bertz CT molecular complexity index is 1370. The van der Waals surface area contributed by atoms with Crippen LogP contribution in [0.5, 0.6) is 5.75 Å². The van der Waals surface area contributed by atoms with Crippen LogP contribution >= 0.6 is 0 Å². The van der Waals surface area contributed by atoms with Crippen molar-refractivity contribution < 1.29 is 13.5 Å². The monoisotopic (exact) mass is 436 g/mol. The van der Waals surface area contributed by atoms with Crippen molar-refractivity contribution in [2.24, 2.45) is 7.05 Å². The highest BCUT2D eigenvalue weighted by Crippen LogP contribution is 2.28. The van der Waals surface area contributed by atoms with Crippen LogP contribution in [0.2, 0.25) is 0 Å². The first-order chi connectivity index (χ1) is 15.3. The van der Waals surface area contributed by atoms with E-state index in [1.807, 2.05) is 36.2 Å². The van der Waals surface area contributed by atoms with Gasteiger partial charge in [-0.25, -0.2) is 13.8 Å². The fourth-order valence-corrected chi connectivity index (χ4v) is 3.61. The van der Waals surface area contributed by atoms with Gasteiger partial charge in [0.2, 0.25) is 0 Å². The summed E-state index contributed by atoms with van der Waals surface area (Å²) in [6.07, 6.45) is 1.63. The SMILES string of the molecule is COc1ccc(CN(C)c2cc3c(cn2)cc(-c2cc(N)c(F)cc2F)c(=O)n3C)cc1. The van der Waals surface area contributed by atoms with Crippen LogP contribution in [-0.4, -0.2) is 23.7 Å². The average Bonchev–Trinajstić information content (AvgIpc) is 2.79. The number of benzene rings is 2. The molecular weight excluding hydrogens is 414 g/mol. The van der Waals surface area contributed by atoms with Gasteiger partial charge in [-0.1, -0.05) is 12.1 Å². The molecule has 4 aromatic rings. The Balaban J connectivity index is 1.72. The molecule has 2 aromatic carbocycles. The topological polar surface area (TPSA) is 73.4 Å². The van der Waals surface area contributed by atoms with Gasteiger partial charge in [0.15, 0.2) is 0 Å². The minimum absolute atomic E-state index is 0.0490. The molecular formula is C24H22F2N4O2. The maximum atomic E-state index is 14.4. The van der Waals surface area contributed by atoms with Gasteiger partial charge in [0, 0.05) is 49.9 Å². The minimum Gasteiger partial charge on any atom is -0.497 e. The third-order valence-corrected chi connectivity index (χ3v) is 5.44. The number of hydrogen-bond donors (Lipinski definition) is 1. The summed E-state index contributed by atoms with van der Waals surface area (Å²) in [5.74, 6) is -0.259. The van der Waals surface area contributed by atoms with Crippen molar-refractivity contribution in [1.29, 1.82) is 0 Å². The Labute approximate surface area is 183 Å². The normalized spacial score (nSPS) is 11.0. The fourth-order valence-electron chi connectivity index (χ4n) is 3.61. The van der Waals surface area contributed by atoms with Gasteiger partial charge in [-0.3, -0.25) is 4.79 Å². The number of nitrogens with two attached hydrogens (primary N) is 1. The lowest BCUT2D eigenvalue weighted by atomic mass is 10.0. The highest BCUT2D eigenvalue weighted by Gasteiger charge is 2.16. The second-order valence-corrected chi connectivity index (χ2v) is 7.58. The van der Waals surface area contributed by atoms with Gasteiger partial charge in [-0.15, -0.1) is 0 Å². The van der Waals surface area contributed by atoms with E-state index in [2.05, 4.69) is 4.98 Å².